The van der Waals surface area contributed by atoms with E-state index in [9.17, 15) is 4.79 Å². The van der Waals surface area contributed by atoms with E-state index in [-0.39, 0.29) is 5.91 Å². The molecule has 0 saturated heterocycles. The van der Waals surface area contributed by atoms with Gasteiger partial charge in [-0.2, -0.15) is 0 Å². The van der Waals surface area contributed by atoms with Gasteiger partial charge in [0.1, 0.15) is 16.2 Å². The highest BCUT2D eigenvalue weighted by Gasteiger charge is 2.32. The molecule has 31 heavy (non-hydrogen) atoms. The number of benzene rings is 1. The predicted octanol–water partition coefficient (Wildman–Crippen LogP) is 5.91. The molecule has 1 unspecified atom stereocenters. The van der Waals surface area contributed by atoms with Crippen molar-refractivity contribution in [3.8, 4) is 0 Å². The van der Waals surface area contributed by atoms with Crippen LogP contribution in [0.15, 0.2) is 35.6 Å². The van der Waals surface area contributed by atoms with Crippen molar-refractivity contribution in [2.45, 2.75) is 57.9 Å². The minimum atomic E-state index is 0.167. The third-order valence-electron chi connectivity index (χ3n) is 6.78. The molecule has 0 saturated carbocycles. The summed E-state index contributed by atoms with van der Waals surface area (Å²) in [6.07, 6.45) is 7.17. The molecule has 1 atom stereocenters. The topological polar surface area (TPSA) is 46.1 Å². The van der Waals surface area contributed by atoms with Gasteiger partial charge in [0.25, 0.3) is 0 Å². The number of hydrogen-bond acceptors (Lipinski definition) is 5. The predicted molar refractivity (Wildman–Crippen MR) is 130 cm³/mol. The van der Waals surface area contributed by atoms with Crippen LogP contribution in [-0.2, 0) is 24.1 Å². The molecular weight excluding hydrogens is 422 g/mol. The van der Waals surface area contributed by atoms with Gasteiger partial charge in [0.05, 0.1) is 5.75 Å². The van der Waals surface area contributed by atoms with Crippen molar-refractivity contribution in [3.05, 3.63) is 46.6 Å². The largest absolute Gasteiger partial charge is 0.311 e. The molecule has 6 heteroatoms. The van der Waals surface area contributed by atoms with Gasteiger partial charge in [-0.25, -0.2) is 9.97 Å². The zero-order chi connectivity index (χ0) is 21.6. The van der Waals surface area contributed by atoms with E-state index in [1.165, 1.54) is 27.8 Å². The molecule has 1 aromatic carbocycles. The van der Waals surface area contributed by atoms with Crippen molar-refractivity contribution in [2.75, 3.05) is 17.2 Å². The molecule has 3 heterocycles. The summed E-state index contributed by atoms with van der Waals surface area (Å²) in [4.78, 5) is 26.8. The Labute approximate surface area is 192 Å². The van der Waals surface area contributed by atoms with Gasteiger partial charge in [0.2, 0.25) is 5.91 Å². The van der Waals surface area contributed by atoms with Crippen LogP contribution in [0.4, 0.5) is 5.69 Å². The van der Waals surface area contributed by atoms with Gasteiger partial charge in [-0.15, -0.1) is 11.3 Å². The van der Waals surface area contributed by atoms with E-state index in [2.05, 4.69) is 48.9 Å². The number of para-hydroxylation sites is 1. The number of hydrogen-bond donors (Lipinski definition) is 0. The molecule has 1 amide bonds. The Bertz CT molecular complexity index is 1130. The van der Waals surface area contributed by atoms with Crippen molar-refractivity contribution in [3.63, 3.8) is 0 Å². The van der Waals surface area contributed by atoms with Crippen LogP contribution in [0.3, 0.4) is 0 Å². The summed E-state index contributed by atoms with van der Waals surface area (Å²) in [5.74, 6) is 1.29. The maximum absolute atomic E-state index is 13.1. The number of rotatable bonds is 3. The number of carbonyl (C=O) groups is 1. The number of aromatic nitrogens is 2. The first kappa shape index (κ1) is 21.0. The second-order valence-electron chi connectivity index (χ2n) is 9.73. The van der Waals surface area contributed by atoms with Crippen LogP contribution in [0.5, 0.6) is 0 Å². The summed E-state index contributed by atoms with van der Waals surface area (Å²) in [7, 11) is 0. The van der Waals surface area contributed by atoms with E-state index < -0.39 is 0 Å². The van der Waals surface area contributed by atoms with Crippen LogP contribution in [0, 0.1) is 11.3 Å². The smallest absolute Gasteiger partial charge is 0.237 e. The fourth-order valence-electron chi connectivity index (χ4n) is 4.93. The number of amides is 1. The molecule has 5 rings (SSSR count). The number of carbonyl (C=O) groups excluding carboxylic acids is 1. The van der Waals surface area contributed by atoms with Crippen molar-refractivity contribution in [2.24, 2.45) is 11.3 Å². The highest BCUT2D eigenvalue weighted by molar-refractivity contribution is 8.00. The lowest BCUT2D eigenvalue weighted by Gasteiger charge is -2.33. The summed E-state index contributed by atoms with van der Waals surface area (Å²) in [5, 5.41) is 2.17. The monoisotopic (exact) mass is 451 g/mol. The Morgan fingerprint density at radius 1 is 1.23 bits per heavy atom. The molecule has 0 fully saturated rings. The molecule has 1 aliphatic carbocycles. The van der Waals surface area contributed by atoms with Crippen LogP contribution in [0.25, 0.3) is 10.2 Å². The van der Waals surface area contributed by atoms with Gasteiger partial charge in [-0.1, -0.05) is 50.7 Å². The fraction of sp³-hybridized carbons (Fsp3) is 0.480. The molecule has 2 aliphatic rings. The van der Waals surface area contributed by atoms with Crippen molar-refractivity contribution in [1.82, 2.24) is 9.97 Å². The maximum Gasteiger partial charge on any atom is 0.237 e. The normalized spacial score (nSPS) is 18.7. The number of thiophene rings is 1. The van der Waals surface area contributed by atoms with Crippen LogP contribution >= 0.6 is 23.1 Å². The Morgan fingerprint density at radius 2 is 2.06 bits per heavy atom. The van der Waals surface area contributed by atoms with Crippen LogP contribution in [0.2, 0.25) is 0 Å². The van der Waals surface area contributed by atoms with Crippen molar-refractivity contribution < 1.29 is 4.79 Å². The molecule has 0 spiro atoms. The summed E-state index contributed by atoms with van der Waals surface area (Å²) in [6.45, 7) is 7.85. The van der Waals surface area contributed by atoms with Gasteiger partial charge < -0.3 is 4.90 Å². The van der Waals surface area contributed by atoms with Gasteiger partial charge in [0, 0.05) is 22.5 Å². The highest BCUT2D eigenvalue weighted by atomic mass is 32.2. The average molecular weight is 452 g/mol. The van der Waals surface area contributed by atoms with E-state index in [1.54, 1.807) is 18.1 Å². The quantitative estimate of drug-likeness (QED) is 0.367. The van der Waals surface area contributed by atoms with E-state index >= 15 is 0 Å². The molecule has 2 aromatic heterocycles. The molecule has 1 aliphatic heterocycles. The van der Waals surface area contributed by atoms with E-state index in [0.29, 0.717) is 17.1 Å². The van der Waals surface area contributed by atoms with Gasteiger partial charge in [-0.3, -0.25) is 4.79 Å². The van der Waals surface area contributed by atoms with E-state index in [1.807, 2.05) is 22.3 Å². The number of aryl methyl sites for hydroxylation is 2. The lowest BCUT2D eigenvalue weighted by atomic mass is 9.72. The lowest BCUT2D eigenvalue weighted by molar-refractivity contribution is -0.116. The number of thioether (sulfide) groups is 1. The second-order valence-corrected chi connectivity index (χ2v) is 11.8. The number of anilines is 1. The van der Waals surface area contributed by atoms with E-state index in [0.717, 1.165) is 47.8 Å². The number of fused-ring (bicyclic) bond motifs is 4. The Morgan fingerprint density at radius 3 is 2.90 bits per heavy atom. The molecular formula is C25H29N3OS2. The van der Waals surface area contributed by atoms with E-state index in [4.69, 9.17) is 0 Å². The summed E-state index contributed by atoms with van der Waals surface area (Å²) >= 11 is 3.40. The first-order chi connectivity index (χ1) is 14.9. The minimum Gasteiger partial charge on any atom is -0.311 e. The third-order valence-corrected chi connectivity index (χ3v) is 8.92. The lowest BCUT2D eigenvalue weighted by Crippen LogP contribution is -2.36. The third kappa shape index (κ3) is 4.00. The Hall–Kier alpha value is -1.92. The molecule has 4 nitrogen and oxygen atoms in total. The second kappa shape index (κ2) is 8.21. The SMILES string of the molecule is CC(C)(C)C1CCc2c(sc3ncnc(SCC(=O)N4CCCc5ccccc54)c23)C1. The Kier molecular flexibility index (Phi) is 5.55. The van der Waals surface area contributed by atoms with Gasteiger partial charge in [0.15, 0.2) is 0 Å². The zero-order valence-corrected chi connectivity index (χ0v) is 20.1. The van der Waals surface area contributed by atoms with Crippen LogP contribution in [-0.4, -0.2) is 28.2 Å². The first-order valence-corrected chi connectivity index (χ1v) is 13.0. The summed E-state index contributed by atoms with van der Waals surface area (Å²) in [6, 6.07) is 8.29. The highest BCUT2D eigenvalue weighted by Crippen LogP contribution is 2.44. The molecule has 0 radical (unpaired) electrons. The first-order valence-electron chi connectivity index (χ1n) is 11.2. The Balaban J connectivity index is 1.37. The standard InChI is InChI=1S/C25H29N3OS2/c1-25(2,3)17-10-11-18-20(13-17)31-24-22(18)23(26-15-27-24)30-14-21(29)28-12-6-8-16-7-4-5-9-19(16)28/h4-5,7,9,15,17H,6,8,10-14H2,1-3H3. The zero-order valence-electron chi connectivity index (χ0n) is 18.5. The number of nitrogens with zero attached hydrogens (tertiary/aromatic N) is 3. The van der Waals surface area contributed by atoms with Crippen molar-refractivity contribution >= 4 is 44.9 Å². The summed E-state index contributed by atoms with van der Waals surface area (Å²) in [5.41, 5.74) is 4.11. The van der Waals surface area contributed by atoms with Gasteiger partial charge >= 0.3 is 0 Å². The molecule has 3 aromatic rings. The molecule has 0 N–H and O–H groups in total. The summed E-state index contributed by atoms with van der Waals surface area (Å²) < 4.78 is 0. The van der Waals surface area contributed by atoms with Crippen molar-refractivity contribution in [1.29, 1.82) is 0 Å². The molecule has 162 valence electrons. The van der Waals surface area contributed by atoms with Gasteiger partial charge in [-0.05, 0) is 60.6 Å². The van der Waals surface area contributed by atoms with Crippen LogP contribution in [0.1, 0.15) is 49.6 Å². The fourth-order valence-corrected chi connectivity index (χ4v) is 7.16. The molecule has 0 bridgehead atoms. The van der Waals surface area contributed by atoms with Crippen LogP contribution < -0.4 is 4.90 Å². The minimum absolute atomic E-state index is 0.167. The maximum atomic E-state index is 13.1. The average Bonchev–Trinajstić information content (AvgIpc) is 3.15.